The van der Waals surface area contributed by atoms with E-state index < -0.39 is 0 Å². The Bertz CT molecular complexity index is 846. The Balaban J connectivity index is 1.82. The molecule has 1 atom stereocenters. The van der Waals surface area contributed by atoms with E-state index in [0.717, 1.165) is 12.3 Å². The van der Waals surface area contributed by atoms with Gasteiger partial charge >= 0.3 is 0 Å². The van der Waals surface area contributed by atoms with Gasteiger partial charge in [0.2, 0.25) is 0 Å². The normalized spacial score (nSPS) is 11.4. The lowest BCUT2D eigenvalue weighted by molar-refractivity contribution is 0.309. The molecule has 3 heteroatoms. The van der Waals surface area contributed by atoms with Crippen molar-refractivity contribution < 1.29 is 4.74 Å². The minimum Gasteiger partial charge on any atom is -0.488 e. The van der Waals surface area contributed by atoms with Gasteiger partial charge in [-0.25, -0.2) is 0 Å². The molecule has 0 bridgehead atoms. The van der Waals surface area contributed by atoms with Crippen LogP contribution in [-0.4, -0.2) is 19.0 Å². The molecule has 0 aliphatic heterocycles. The quantitative estimate of drug-likeness (QED) is 0.582. The maximum absolute atomic E-state index is 6.17. The molecule has 134 valence electrons. The fourth-order valence-electron chi connectivity index (χ4n) is 2.87. The second-order valence-electron chi connectivity index (χ2n) is 6.79. The number of rotatable bonds is 7. The number of hydrogen-bond acceptors (Lipinski definition) is 2. The molecule has 0 radical (unpaired) electrons. The van der Waals surface area contributed by atoms with Crippen LogP contribution in [0.15, 0.2) is 72.8 Å². The van der Waals surface area contributed by atoms with Crippen LogP contribution in [-0.2, 0) is 13.2 Å². The highest BCUT2D eigenvalue weighted by atomic mass is 31.1. The summed E-state index contributed by atoms with van der Waals surface area (Å²) in [5.74, 6) is 0.984. The van der Waals surface area contributed by atoms with E-state index in [4.69, 9.17) is 4.74 Å². The molecule has 26 heavy (non-hydrogen) atoms. The zero-order valence-corrected chi connectivity index (χ0v) is 16.7. The Morgan fingerprint density at radius 1 is 0.846 bits per heavy atom. The fraction of sp³-hybridized carbons (Fsp3) is 0.217. The largest absolute Gasteiger partial charge is 0.488 e. The first kappa shape index (κ1) is 18.6. The van der Waals surface area contributed by atoms with Gasteiger partial charge < -0.3 is 9.64 Å². The van der Waals surface area contributed by atoms with Crippen molar-refractivity contribution in [2.75, 3.05) is 14.1 Å². The van der Waals surface area contributed by atoms with Gasteiger partial charge in [0.05, 0.1) is 0 Å². The van der Waals surface area contributed by atoms with Gasteiger partial charge in [0.25, 0.3) is 0 Å². The van der Waals surface area contributed by atoms with Crippen LogP contribution in [0, 0.1) is 6.92 Å². The van der Waals surface area contributed by atoms with E-state index in [1.54, 1.807) is 0 Å². The van der Waals surface area contributed by atoms with Crippen molar-refractivity contribution in [3.8, 4) is 5.75 Å². The molecule has 3 aromatic rings. The maximum Gasteiger partial charge on any atom is 0.127 e. The van der Waals surface area contributed by atoms with Crippen LogP contribution >= 0.6 is 8.58 Å². The lowest BCUT2D eigenvalue weighted by Gasteiger charge is -2.16. The molecule has 0 fully saturated rings. The molecule has 0 aliphatic rings. The molecule has 0 saturated heterocycles. The number of nitrogens with zero attached hydrogens (tertiary/aromatic N) is 1. The third-order valence-electron chi connectivity index (χ3n) is 4.15. The van der Waals surface area contributed by atoms with E-state index in [9.17, 15) is 0 Å². The zero-order valence-electron chi connectivity index (χ0n) is 15.7. The average Bonchev–Trinajstić information content (AvgIpc) is 2.63. The summed E-state index contributed by atoms with van der Waals surface area (Å²) in [7, 11) is 4.81. The third-order valence-corrected chi connectivity index (χ3v) is 5.56. The monoisotopic (exact) mass is 363 g/mol. The summed E-state index contributed by atoms with van der Waals surface area (Å²) in [6, 6.07) is 25.5. The Morgan fingerprint density at radius 2 is 1.58 bits per heavy atom. The van der Waals surface area contributed by atoms with Crippen molar-refractivity contribution in [1.29, 1.82) is 0 Å². The van der Waals surface area contributed by atoms with Crippen molar-refractivity contribution in [2.24, 2.45) is 0 Å². The SMILES string of the molecule is Cc1ccc(OCc2ccccc2)c(Pc2ccccc2CN(C)C)c1. The fourth-order valence-corrected chi connectivity index (χ4v) is 4.24. The Hall–Kier alpha value is -2.15. The van der Waals surface area contributed by atoms with Crippen LogP contribution in [0.2, 0.25) is 0 Å². The van der Waals surface area contributed by atoms with Gasteiger partial charge in [0, 0.05) is 11.8 Å². The smallest absolute Gasteiger partial charge is 0.127 e. The van der Waals surface area contributed by atoms with Crippen LogP contribution in [0.1, 0.15) is 16.7 Å². The molecule has 0 aromatic heterocycles. The minimum absolute atomic E-state index is 0.586. The molecular weight excluding hydrogens is 337 g/mol. The van der Waals surface area contributed by atoms with Gasteiger partial charge in [-0.3, -0.25) is 0 Å². The van der Waals surface area contributed by atoms with Crippen molar-refractivity contribution in [3.05, 3.63) is 89.5 Å². The topological polar surface area (TPSA) is 12.5 Å². The van der Waals surface area contributed by atoms with E-state index in [-0.39, 0.29) is 0 Å². The molecule has 0 amide bonds. The van der Waals surface area contributed by atoms with Crippen LogP contribution in [0.4, 0.5) is 0 Å². The first-order chi connectivity index (χ1) is 12.6. The van der Waals surface area contributed by atoms with Gasteiger partial charge in [0.15, 0.2) is 0 Å². The molecule has 1 unspecified atom stereocenters. The van der Waals surface area contributed by atoms with Crippen LogP contribution < -0.4 is 15.3 Å². The molecule has 0 heterocycles. The first-order valence-electron chi connectivity index (χ1n) is 8.89. The maximum atomic E-state index is 6.17. The van der Waals surface area contributed by atoms with Gasteiger partial charge in [-0.2, -0.15) is 0 Å². The number of hydrogen-bond donors (Lipinski definition) is 0. The van der Waals surface area contributed by atoms with Gasteiger partial charge in [-0.1, -0.05) is 74.8 Å². The highest BCUT2D eigenvalue weighted by Gasteiger charge is 2.09. The van der Waals surface area contributed by atoms with Crippen molar-refractivity contribution in [3.63, 3.8) is 0 Å². The summed E-state index contributed by atoms with van der Waals surface area (Å²) in [5, 5.41) is 2.66. The lowest BCUT2D eigenvalue weighted by atomic mass is 10.2. The molecule has 0 aliphatic carbocycles. The second kappa shape index (κ2) is 8.98. The summed E-state index contributed by atoms with van der Waals surface area (Å²) in [5.41, 5.74) is 3.84. The van der Waals surface area contributed by atoms with Crippen LogP contribution in [0.5, 0.6) is 5.75 Å². The van der Waals surface area contributed by atoms with E-state index >= 15 is 0 Å². The molecule has 3 rings (SSSR count). The summed E-state index contributed by atoms with van der Waals surface area (Å²) < 4.78 is 6.17. The number of aryl methyl sites for hydroxylation is 1. The number of benzene rings is 3. The average molecular weight is 363 g/mol. The Morgan fingerprint density at radius 3 is 2.35 bits per heavy atom. The van der Waals surface area contributed by atoms with Gasteiger partial charge in [-0.05, 0) is 49.6 Å². The Labute approximate surface area is 158 Å². The van der Waals surface area contributed by atoms with E-state index in [2.05, 4.69) is 80.5 Å². The van der Waals surface area contributed by atoms with E-state index in [0.29, 0.717) is 15.2 Å². The predicted octanol–water partition coefficient (Wildman–Crippen LogP) is 4.26. The molecule has 2 nitrogen and oxygen atoms in total. The number of ether oxygens (including phenoxy) is 1. The molecule has 3 aromatic carbocycles. The van der Waals surface area contributed by atoms with E-state index in [1.807, 2.05) is 18.2 Å². The third kappa shape index (κ3) is 5.17. The zero-order chi connectivity index (χ0) is 18.4. The van der Waals surface area contributed by atoms with E-state index in [1.165, 1.54) is 27.3 Å². The summed E-state index contributed by atoms with van der Waals surface area (Å²) in [4.78, 5) is 2.21. The van der Waals surface area contributed by atoms with Gasteiger partial charge in [-0.15, -0.1) is 0 Å². The van der Waals surface area contributed by atoms with Crippen molar-refractivity contribution in [1.82, 2.24) is 4.90 Å². The molecule has 0 saturated carbocycles. The standard InChI is InChI=1S/C23H26NOP/c1-18-13-14-21(25-17-19-9-5-4-6-10-19)23(15-18)26-22-12-8-7-11-20(22)16-24(2)3/h4-15,26H,16-17H2,1-3H3. The first-order valence-corrected chi connectivity index (χ1v) is 9.89. The predicted molar refractivity (Wildman–Crippen MR) is 113 cm³/mol. The summed E-state index contributed by atoms with van der Waals surface area (Å²) in [6.45, 7) is 3.69. The highest BCUT2D eigenvalue weighted by Crippen LogP contribution is 2.23. The summed E-state index contributed by atoms with van der Waals surface area (Å²) in [6.07, 6.45) is 0. The van der Waals surface area contributed by atoms with Crippen LogP contribution in [0.3, 0.4) is 0 Å². The van der Waals surface area contributed by atoms with Crippen molar-refractivity contribution in [2.45, 2.75) is 20.1 Å². The molecule has 0 spiro atoms. The van der Waals surface area contributed by atoms with Crippen molar-refractivity contribution >= 4 is 19.2 Å². The van der Waals surface area contributed by atoms with Crippen LogP contribution in [0.25, 0.3) is 0 Å². The molecular formula is C23H26NOP. The summed E-state index contributed by atoms with van der Waals surface area (Å²) >= 11 is 0. The van der Waals surface area contributed by atoms with Gasteiger partial charge in [0.1, 0.15) is 12.4 Å². The lowest BCUT2D eigenvalue weighted by Crippen LogP contribution is -2.18. The second-order valence-corrected chi connectivity index (χ2v) is 8.12. The minimum atomic E-state index is 0.586. The molecule has 0 N–H and O–H groups in total. The Kier molecular flexibility index (Phi) is 6.44. The highest BCUT2D eigenvalue weighted by molar-refractivity contribution is 7.55.